The monoisotopic (exact) mass is 238 g/mol. The number of allylic oxidation sites excluding steroid dienone is 2. The van der Waals surface area contributed by atoms with Crippen LogP contribution in [-0.4, -0.2) is 25.8 Å². The average Bonchev–Trinajstić information content (AvgIpc) is 2.90. The van der Waals surface area contributed by atoms with E-state index in [-0.39, 0.29) is 6.29 Å². The summed E-state index contributed by atoms with van der Waals surface area (Å²) in [6.45, 7) is 5.31. The molecule has 0 N–H and O–H groups in total. The lowest BCUT2D eigenvalue weighted by molar-refractivity contribution is -0.181. The molecular formula is C14H22O3. The van der Waals surface area contributed by atoms with Crippen LogP contribution in [0.4, 0.5) is 0 Å². The van der Waals surface area contributed by atoms with Gasteiger partial charge in [-0.15, -0.1) is 0 Å². The van der Waals surface area contributed by atoms with E-state index < -0.39 is 0 Å². The summed E-state index contributed by atoms with van der Waals surface area (Å²) in [5, 5.41) is 0. The third-order valence-electron chi connectivity index (χ3n) is 4.03. The highest BCUT2D eigenvalue weighted by atomic mass is 16.7. The Bertz CT molecular complexity index is 281. The fourth-order valence-corrected chi connectivity index (χ4v) is 3.41. The summed E-state index contributed by atoms with van der Waals surface area (Å²) >= 11 is 0. The van der Waals surface area contributed by atoms with Crippen molar-refractivity contribution < 1.29 is 14.3 Å². The lowest BCUT2D eigenvalue weighted by atomic mass is 9.81. The highest BCUT2D eigenvalue weighted by Crippen LogP contribution is 2.51. The van der Waals surface area contributed by atoms with Crippen LogP contribution in [0.2, 0.25) is 0 Å². The van der Waals surface area contributed by atoms with Gasteiger partial charge in [0.05, 0.1) is 0 Å². The molecule has 17 heavy (non-hydrogen) atoms. The molecule has 1 saturated carbocycles. The van der Waals surface area contributed by atoms with Crippen LogP contribution in [0, 0.1) is 23.7 Å². The van der Waals surface area contributed by atoms with E-state index >= 15 is 0 Å². The number of ether oxygens (including phenoxy) is 2. The Morgan fingerprint density at radius 2 is 1.88 bits per heavy atom. The molecular weight excluding hydrogens is 216 g/mol. The zero-order valence-electron chi connectivity index (χ0n) is 10.7. The Morgan fingerprint density at radius 3 is 2.47 bits per heavy atom. The van der Waals surface area contributed by atoms with E-state index in [1.165, 1.54) is 6.42 Å². The van der Waals surface area contributed by atoms with Crippen LogP contribution in [0.3, 0.4) is 0 Å². The summed E-state index contributed by atoms with van der Waals surface area (Å²) in [6, 6.07) is 0. The lowest BCUT2D eigenvalue weighted by Crippen LogP contribution is -2.35. The number of carbonyl (C=O) groups is 1. The van der Waals surface area contributed by atoms with Gasteiger partial charge in [-0.05, 0) is 38.0 Å². The lowest BCUT2D eigenvalue weighted by Gasteiger charge is -2.33. The second-order valence-corrected chi connectivity index (χ2v) is 4.87. The van der Waals surface area contributed by atoms with Crippen molar-refractivity contribution in [3.05, 3.63) is 12.2 Å². The molecule has 2 aliphatic rings. The van der Waals surface area contributed by atoms with E-state index in [9.17, 15) is 4.79 Å². The predicted octanol–water partition coefficient (Wildman–Crippen LogP) is 2.41. The van der Waals surface area contributed by atoms with Crippen molar-refractivity contribution in [1.29, 1.82) is 0 Å². The minimum atomic E-state index is -0.144. The smallest absolute Gasteiger partial charge is 0.161 e. The van der Waals surface area contributed by atoms with Gasteiger partial charge in [0.2, 0.25) is 0 Å². The third-order valence-corrected chi connectivity index (χ3v) is 4.03. The summed E-state index contributed by atoms with van der Waals surface area (Å²) in [4.78, 5) is 10.8. The molecule has 3 heteroatoms. The molecule has 4 unspecified atom stereocenters. The Hall–Kier alpha value is -0.670. The van der Waals surface area contributed by atoms with Crippen molar-refractivity contribution in [2.24, 2.45) is 23.7 Å². The van der Waals surface area contributed by atoms with E-state index in [1.807, 2.05) is 13.8 Å². The molecule has 3 nitrogen and oxygen atoms in total. The highest BCUT2D eigenvalue weighted by molar-refractivity contribution is 5.50. The molecule has 0 aromatic rings. The normalized spacial score (nSPS) is 34.8. The maximum Gasteiger partial charge on any atom is 0.161 e. The average molecular weight is 238 g/mol. The van der Waals surface area contributed by atoms with Gasteiger partial charge in [0, 0.05) is 25.6 Å². The molecule has 1 fully saturated rings. The van der Waals surface area contributed by atoms with Crippen LogP contribution in [-0.2, 0) is 14.3 Å². The minimum absolute atomic E-state index is 0.144. The molecule has 0 aliphatic heterocycles. The fourth-order valence-electron chi connectivity index (χ4n) is 3.41. The molecule has 0 radical (unpaired) electrons. The fraction of sp³-hybridized carbons (Fsp3) is 0.786. The number of carbonyl (C=O) groups excluding carboxylic acids is 1. The molecule has 4 atom stereocenters. The van der Waals surface area contributed by atoms with E-state index in [0.29, 0.717) is 43.3 Å². The zero-order valence-corrected chi connectivity index (χ0v) is 10.7. The third kappa shape index (κ3) is 2.45. The molecule has 0 spiro atoms. The summed E-state index contributed by atoms with van der Waals surface area (Å²) in [7, 11) is 0. The zero-order chi connectivity index (χ0) is 12.3. The van der Waals surface area contributed by atoms with E-state index in [0.717, 1.165) is 6.29 Å². The Morgan fingerprint density at radius 1 is 1.24 bits per heavy atom. The van der Waals surface area contributed by atoms with Crippen molar-refractivity contribution in [3.63, 3.8) is 0 Å². The molecule has 96 valence electrons. The van der Waals surface area contributed by atoms with Gasteiger partial charge in [0.25, 0.3) is 0 Å². The van der Waals surface area contributed by atoms with Crippen LogP contribution in [0.15, 0.2) is 12.2 Å². The van der Waals surface area contributed by atoms with Gasteiger partial charge < -0.3 is 14.3 Å². The topological polar surface area (TPSA) is 35.5 Å². The molecule has 0 amide bonds. The molecule has 2 aliphatic carbocycles. The van der Waals surface area contributed by atoms with Gasteiger partial charge in [0.15, 0.2) is 6.29 Å². The molecule has 0 heterocycles. The summed E-state index contributed by atoms with van der Waals surface area (Å²) in [6.07, 6.45) is 7.25. The van der Waals surface area contributed by atoms with E-state index in [2.05, 4.69) is 12.2 Å². The van der Waals surface area contributed by atoms with Crippen molar-refractivity contribution in [1.82, 2.24) is 0 Å². The quantitative estimate of drug-likeness (QED) is 0.388. The van der Waals surface area contributed by atoms with Gasteiger partial charge in [-0.2, -0.15) is 0 Å². The number of fused-ring (bicyclic) bond motifs is 2. The van der Waals surface area contributed by atoms with Gasteiger partial charge in [-0.25, -0.2) is 0 Å². The first-order valence-corrected chi connectivity index (χ1v) is 6.66. The predicted molar refractivity (Wildman–Crippen MR) is 65.4 cm³/mol. The maximum absolute atomic E-state index is 10.8. The summed E-state index contributed by atoms with van der Waals surface area (Å²) < 4.78 is 11.4. The number of hydrogen-bond donors (Lipinski definition) is 0. The standard InChI is InChI=1S/C14H22O3/c1-3-16-14(17-4-2)13-11-6-5-10(9-11)12(13)7-8-15/h5-6,8,10-14H,3-4,7,9H2,1-2H3. The van der Waals surface area contributed by atoms with Gasteiger partial charge in [-0.1, -0.05) is 12.2 Å². The van der Waals surface area contributed by atoms with Gasteiger partial charge in [0.1, 0.15) is 6.29 Å². The van der Waals surface area contributed by atoms with Crippen molar-refractivity contribution >= 4 is 6.29 Å². The number of hydrogen-bond acceptors (Lipinski definition) is 3. The summed E-state index contributed by atoms with van der Waals surface area (Å²) in [5.74, 6) is 1.85. The van der Waals surface area contributed by atoms with Crippen LogP contribution in [0.5, 0.6) is 0 Å². The van der Waals surface area contributed by atoms with Crippen molar-refractivity contribution in [3.8, 4) is 0 Å². The number of rotatable bonds is 7. The highest BCUT2D eigenvalue weighted by Gasteiger charge is 2.48. The van der Waals surface area contributed by atoms with Crippen LogP contribution in [0.1, 0.15) is 26.7 Å². The molecule has 2 rings (SSSR count). The van der Waals surface area contributed by atoms with Gasteiger partial charge in [-0.3, -0.25) is 0 Å². The van der Waals surface area contributed by atoms with E-state index in [1.54, 1.807) is 0 Å². The largest absolute Gasteiger partial charge is 0.353 e. The molecule has 0 saturated heterocycles. The Kier molecular flexibility index (Phi) is 4.35. The molecule has 0 aromatic carbocycles. The van der Waals surface area contributed by atoms with Gasteiger partial charge >= 0.3 is 0 Å². The second kappa shape index (κ2) is 5.78. The second-order valence-electron chi connectivity index (χ2n) is 4.87. The Balaban J connectivity index is 2.10. The van der Waals surface area contributed by atoms with Crippen LogP contribution < -0.4 is 0 Å². The minimum Gasteiger partial charge on any atom is -0.353 e. The molecule has 2 bridgehead atoms. The van der Waals surface area contributed by atoms with Crippen LogP contribution >= 0.6 is 0 Å². The first-order valence-electron chi connectivity index (χ1n) is 6.66. The molecule has 0 aromatic heterocycles. The van der Waals surface area contributed by atoms with E-state index in [4.69, 9.17) is 9.47 Å². The SMILES string of the molecule is CCOC(OCC)C1C2C=CC(C2)C1CC=O. The van der Waals surface area contributed by atoms with Crippen molar-refractivity contribution in [2.75, 3.05) is 13.2 Å². The maximum atomic E-state index is 10.8. The number of aldehydes is 1. The summed E-state index contributed by atoms with van der Waals surface area (Å²) in [5.41, 5.74) is 0. The Labute approximate surface area is 103 Å². The van der Waals surface area contributed by atoms with Crippen molar-refractivity contribution in [2.45, 2.75) is 33.0 Å². The first kappa shape index (κ1) is 12.8. The van der Waals surface area contributed by atoms with Crippen LogP contribution in [0.25, 0.3) is 0 Å². The first-order chi connectivity index (χ1) is 8.31.